The predicted molar refractivity (Wildman–Crippen MR) is 117 cm³/mol. The molecule has 2 aromatic carbocycles. The second-order valence-corrected chi connectivity index (χ2v) is 8.39. The number of aromatic nitrogens is 3. The number of hydrogen-bond donors (Lipinski definition) is 1. The van der Waals surface area contributed by atoms with Crippen molar-refractivity contribution in [2.45, 2.75) is 16.9 Å². The lowest BCUT2D eigenvalue weighted by Crippen LogP contribution is -2.23. The highest BCUT2D eigenvalue weighted by Crippen LogP contribution is 2.37. The molecule has 0 fully saturated rings. The van der Waals surface area contributed by atoms with Gasteiger partial charge in [-0.3, -0.25) is 9.55 Å². The molecule has 0 spiro atoms. The first-order valence-electron chi connectivity index (χ1n) is 9.27. The predicted octanol–water partition coefficient (Wildman–Crippen LogP) is 5.72. The van der Waals surface area contributed by atoms with Crippen LogP contribution in [-0.4, -0.2) is 24.7 Å². The van der Waals surface area contributed by atoms with Crippen molar-refractivity contribution in [3.05, 3.63) is 94.3 Å². The molecule has 2 aromatic heterocycles. The van der Waals surface area contributed by atoms with Crippen LogP contribution in [0, 0.1) is 0 Å². The summed E-state index contributed by atoms with van der Waals surface area (Å²) in [5.41, 5.74) is -2.22. The monoisotopic (exact) mass is 477 g/mol. The average Bonchev–Trinajstić information content (AvgIpc) is 3.02. The van der Waals surface area contributed by atoms with E-state index in [0.717, 1.165) is 21.3 Å². The lowest BCUT2D eigenvalue weighted by molar-refractivity contribution is -0.0328. The second kappa shape index (κ2) is 8.76. The van der Waals surface area contributed by atoms with E-state index < -0.39 is 11.2 Å². The fraction of sp³-hybridized carbons (Fsp3) is 0.0909. The number of benzene rings is 2. The van der Waals surface area contributed by atoms with E-state index in [1.54, 1.807) is 30.6 Å². The summed E-state index contributed by atoms with van der Waals surface area (Å²) < 4.78 is 40.0. The maximum atomic E-state index is 12.9. The van der Waals surface area contributed by atoms with Crippen molar-refractivity contribution in [1.29, 1.82) is 0 Å². The maximum Gasteiger partial charge on any atom is 0.446 e. The third kappa shape index (κ3) is 4.84. The summed E-state index contributed by atoms with van der Waals surface area (Å²) in [6.07, 6.45) is 4.57. The van der Waals surface area contributed by atoms with Crippen LogP contribution in [0.1, 0.15) is 5.56 Å². The van der Waals surface area contributed by atoms with E-state index >= 15 is 0 Å². The molecule has 32 heavy (non-hydrogen) atoms. The molecule has 0 amide bonds. The molecule has 0 unspecified atom stereocenters. The van der Waals surface area contributed by atoms with Crippen LogP contribution in [0.5, 0.6) is 5.88 Å². The smallest absolute Gasteiger partial charge is 0.446 e. The first kappa shape index (κ1) is 22.0. The summed E-state index contributed by atoms with van der Waals surface area (Å²) in [4.78, 5) is 17.1. The zero-order chi connectivity index (χ0) is 22.9. The van der Waals surface area contributed by atoms with E-state index in [1.165, 1.54) is 35.0 Å². The fourth-order valence-corrected chi connectivity index (χ4v) is 3.93. The third-order valence-electron chi connectivity index (χ3n) is 4.67. The van der Waals surface area contributed by atoms with Crippen molar-refractivity contribution in [3.8, 4) is 22.7 Å². The Kier molecular flexibility index (Phi) is 6.03. The van der Waals surface area contributed by atoms with Gasteiger partial charge in [-0.2, -0.15) is 13.2 Å². The van der Waals surface area contributed by atoms with E-state index in [9.17, 15) is 23.1 Å². The molecule has 164 valence electrons. The van der Waals surface area contributed by atoms with Gasteiger partial charge in [-0.25, -0.2) is 9.36 Å². The summed E-state index contributed by atoms with van der Waals surface area (Å²) in [6, 6.07) is 14.2. The van der Waals surface area contributed by atoms with Crippen LogP contribution in [0.15, 0.2) is 82.9 Å². The van der Waals surface area contributed by atoms with E-state index in [1.807, 2.05) is 12.1 Å². The van der Waals surface area contributed by atoms with E-state index in [0.29, 0.717) is 5.02 Å². The molecule has 0 radical (unpaired) electrons. The highest BCUT2D eigenvalue weighted by molar-refractivity contribution is 8.00. The van der Waals surface area contributed by atoms with Gasteiger partial charge in [-0.1, -0.05) is 23.7 Å². The summed E-state index contributed by atoms with van der Waals surface area (Å²) in [5, 5.41) is 10.9. The van der Waals surface area contributed by atoms with Crippen molar-refractivity contribution in [2.24, 2.45) is 0 Å². The van der Waals surface area contributed by atoms with Crippen LogP contribution in [-0.2, 0) is 6.54 Å². The normalized spacial score (nSPS) is 11.6. The van der Waals surface area contributed by atoms with Gasteiger partial charge in [-0.05, 0) is 65.4 Å². The Bertz CT molecular complexity index is 1300. The molecule has 4 rings (SSSR count). The molecule has 0 saturated heterocycles. The van der Waals surface area contributed by atoms with Gasteiger partial charge < -0.3 is 5.11 Å². The number of hydrogen-bond acceptors (Lipinski definition) is 4. The molecule has 0 bridgehead atoms. The topological polar surface area (TPSA) is 60.1 Å². The van der Waals surface area contributed by atoms with Gasteiger partial charge in [0.05, 0.1) is 18.4 Å². The zero-order valence-electron chi connectivity index (χ0n) is 16.3. The first-order chi connectivity index (χ1) is 15.2. The zero-order valence-corrected chi connectivity index (χ0v) is 17.8. The fourth-order valence-electron chi connectivity index (χ4n) is 3.27. The second-order valence-electron chi connectivity index (χ2n) is 6.81. The Balaban J connectivity index is 1.65. The van der Waals surface area contributed by atoms with E-state index in [2.05, 4.69) is 4.98 Å². The number of imidazole rings is 1. The van der Waals surface area contributed by atoms with Gasteiger partial charge in [0.25, 0.3) is 0 Å². The van der Waals surface area contributed by atoms with E-state index in [4.69, 9.17) is 11.6 Å². The van der Waals surface area contributed by atoms with Crippen LogP contribution in [0.3, 0.4) is 0 Å². The van der Waals surface area contributed by atoms with Gasteiger partial charge in [0.1, 0.15) is 0 Å². The number of aromatic hydroxyl groups is 1. The quantitative estimate of drug-likeness (QED) is 0.373. The highest BCUT2D eigenvalue weighted by Gasteiger charge is 2.29. The molecule has 0 aliphatic rings. The van der Waals surface area contributed by atoms with Crippen LogP contribution in [0.25, 0.3) is 16.8 Å². The Morgan fingerprint density at radius 2 is 1.72 bits per heavy atom. The molecule has 0 aliphatic heterocycles. The largest absolute Gasteiger partial charge is 0.493 e. The Labute approximate surface area is 189 Å². The number of thioether (sulfide) groups is 1. The summed E-state index contributed by atoms with van der Waals surface area (Å²) in [7, 11) is 0. The first-order valence-corrected chi connectivity index (χ1v) is 10.5. The van der Waals surface area contributed by atoms with Gasteiger partial charge in [0.2, 0.25) is 5.88 Å². The number of pyridine rings is 1. The minimum atomic E-state index is -4.41. The Hall–Kier alpha value is -3.17. The van der Waals surface area contributed by atoms with Gasteiger partial charge in [0, 0.05) is 27.9 Å². The molecule has 0 aliphatic carbocycles. The molecule has 0 saturated carbocycles. The third-order valence-corrected chi connectivity index (χ3v) is 5.66. The van der Waals surface area contributed by atoms with Crippen molar-refractivity contribution >= 4 is 23.4 Å². The molecule has 1 N–H and O–H groups in total. The van der Waals surface area contributed by atoms with Crippen LogP contribution in [0.2, 0.25) is 5.02 Å². The van der Waals surface area contributed by atoms with Crippen LogP contribution >= 0.6 is 23.4 Å². The Morgan fingerprint density at radius 1 is 1.03 bits per heavy atom. The van der Waals surface area contributed by atoms with Crippen LogP contribution < -0.4 is 5.69 Å². The van der Waals surface area contributed by atoms with Gasteiger partial charge in [0.15, 0.2) is 0 Å². The molecule has 2 heterocycles. The maximum absolute atomic E-state index is 12.9. The number of halogens is 4. The van der Waals surface area contributed by atoms with E-state index in [-0.39, 0.29) is 34.8 Å². The number of rotatable bonds is 5. The van der Waals surface area contributed by atoms with Gasteiger partial charge >= 0.3 is 11.2 Å². The highest BCUT2D eigenvalue weighted by atomic mass is 35.5. The number of alkyl halides is 3. The van der Waals surface area contributed by atoms with Crippen molar-refractivity contribution < 1.29 is 18.3 Å². The van der Waals surface area contributed by atoms with Crippen LogP contribution in [0.4, 0.5) is 13.2 Å². The molecular weight excluding hydrogens is 463 g/mol. The standard InChI is InChI=1S/C22H15ClF3N3O2S/c23-16-3-1-14(2-4-16)19-11-27-10-9-15(19)12-28-13-20(30)29(21(28)31)17-5-7-18(8-6-17)32-22(24,25)26/h1-11,13,30H,12H2. The lowest BCUT2D eigenvalue weighted by Gasteiger charge is -2.10. The Morgan fingerprint density at radius 3 is 2.38 bits per heavy atom. The lowest BCUT2D eigenvalue weighted by atomic mass is 10.0. The molecule has 0 atom stereocenters. The number of nitrogens with zero attached hydrogens (tertiary/aromatic N) is 3. The molecule has 4 aromatic rings. The minimum absolute atomic E-state index is 0.0161. The summed E-state index contributed by atoms with van der Waals surface area (Å²) in [5.74, 6) is -0.326. The van der Waals surface area contributed by atoms with Crippen molar-refractivity contribution in [2.75, 3.05) is 0 Å². The molecule has 5 nitrogen and oxygen atoms in total. The molecule has 10 heteroatoms. The molecular formula is C22H15ClF3N3O2S. The van der Waals surface area contributed by atoms with Crippen molar-refractivity contribution in [1.82, 2.24) is 14.1 Å². The van der Waals surface area contributed by atoms with Gasteiger partial charge in [-0.15, -0.1) is 0 Å². The summed E-state index contributed by atoms with van der Waals surface area (Å²) in [6.45, 7) is 0.155. The van der Waals surface area contributed by atoms with Crippen molar-refractivity contribution in [3.63, 3.8) is 0 Å². The minimum Gasteiger partial charge on any atom is -0.493 e. The summed E-state index contributed by atoms with van der Waals surface area (Å²) >= 11 is 5.71. The SMILES string of the molecule is O=c1n(Cc2ccncc2-c2ccc(Cl)cc2)cc(O)n1-c1ccc(SC(F)(F)F)cc1. The average molecular weight is 478 g/mol.